The molecule has 0 heterocycles. The molecule has 0 bridgehead atoms. The number of carbonyl (C=O) groups excluding carboxylic acids is 1. The lowest BCUT2D eigenvalue weighted by Crippen LogP contribution is -2.14. The van der Waals surface area contributed by atoms with E-state index in [4.69, 9.17) is 9.84 Å². The molecule has 6 aromatic rings. The molecule has 4 nitrogen and oxygen atoms in total. The molecule has 0 amide bonds. The van der Waals surface area contributed by atoms with Gasteiger partial charge in [0.25, 0.3) is 0 Å². The summed E-state index contributed by atoms with van der Waals surface area (Å²) in [5, 5.41) is 7.36. The van der Waals surface area contributed by atoms with Crippen LogP contribution >= 0.6 is 0 Å². The Hall–Kier alpha value is -6.00. The van der Waals surface area contributed by atoms with Gasteiger partial charge in [-0.3, -0.25) is 0 Å². The average Bonchev–Trinajstić information content (AvgIpc) is 3.65. The molecule has 6 aromatic carbocycles. The number of para-hydroxylation sites is 1. The first kappa shape index (κ1) is 30.3. The summed E-state index contributed by atoms with van der Waals surface area (Å²) in [5.41, 5.74) is 14.8. The Labute approximate surface area is 287 Å². The molecule has 0 N–H and O–H groups in total. The zero-order chi connectivity index (χ0) is 33.2. The van der Waals surface area contributed by atoms with Gasteiger partial charge in [-0.25, -0.2) is 9.80 Å². The van der Waals surface area contributed by atoms with Crippen LogP contribution in [0, 0.1) is 0 Å². The number of hydrogen-bond donors (Lipinski definition) is 0. The van der Waals surface area contributed by atoms with Gasteiger partial charge in [-0.15, -0.1) is 0 Å². The van der Waals surface area contributed by atoms with Crippen LogP contribution in [-0.2, 0) is 4.74 Å². The van der Waals surface area contributed by atoms with Crippen LogP contribution in [0.5, 0.6) is 0 Å². The van der Waals surface area contributed by atoms with E-state index in [0.29, 0.717) is 12.2 Å². The maximum absolute atomic E-state index is 12.9. The van der Waals surface area contributed by atoms with E-state index in [1.54, 1.807) is 0 Å². The van der Waals surface area contributed by atoms with Crippen LogP contribution in [0.4, 0.5) is 11.4 Å². The third kappa shape index (κ3) is 5.76. The fourth-order valence-corrected chi connectivity index (χ4v) is 6.90. The van der Waals surface area contributed by atoms with Gasteiger partial charge in [0.1, 0.15) is 0 Å². The highest BCUT2D eigenvalue weighted by Crippen LogP contribution is 2.45. The molecule has 0 radical (unpaired) electrons. The van der Waals surface area contributed by atoms with Crippen molar-refractivity contribution in [3.05, 3.63) is 179 Å². The first-order valence-corrected chi connectivity index (χ1v) is 17.1. The molecule has 2 aliphatic carbocycles. The molecule has 0 saturated carbocycles. The number of hydrazone groups is 1. The van der Waals surface area contributed by atoms with Crippen LogP contribution in [0.25, 0.3) is 33.9 Å². The minimum absolute atomic E-state index is 0.285. The predicted molar refractivity (Wildman–Crippen MR) is 201 cm³/mol. The highest BCUT2D eigenvalue weighted by Gasteiger charge is 2.28. The number of rotatable bonds is 9. The SMILES string of the molecule is CCCCCOC(=O)c1ccc2c(c1)-c1ccccc1C2=NN(c1ccccc1)c1ccc(C=C2c3ccccc3-c3ccccc32)cc1. The highest BCUT2D eigenvalue weighted by molar-refractivity contribution is 6.25. The van der Waals surface area contributed by atoms with E-state index in [1.807, 2.05) is 53.5 Å². The number of esters is 1. The van der Waals surface area contributed by atoms with Gasteiger partial charge >= 0.3 is 5.97 Å². The van der Waals surface area contributed by atoms with Crippen molar-refractivity contribution in [2.75, 3.05) is 11.6 Å². The molecule has 238 valence electrons. The van der Waals surface area contributed by atoms with Crippen molar-refractivity contribution in [2.45, 2.75) is 26.2 Å². The summed E-state index contributed by atoms with van der Waals surface area (Å²) in [6, 6.07) is 50.2. The number of unbranched alkanes of at least 4 members (excludes halogenated alkanes) is 2. The molecular weight excluding hydrogens is 601 g/mol. The Balaban J connectivity index is 1.16. The van der Waals surface area contributed by atoms with Crippen LogP contribution in [-0.4, -0.2) is 18.3 Å². The Morgan fingerprint density at radius 3 is 1.80 bits per heavy atom. The molecule has 0 fully saturated rings. The molecule has 8 rings (SSSR count). The van der Waals surface area contributed by atoms with Crippen molar-refractivity contribution in [3.8, 4) is 22.3 Å². The summed E-state index contributed by atoms with van der Waals surface area (Å²) >= 11 is 0. The van der Waals surface area contributed by atoms with Crippen molar-refractivity contribution < 1.29 is 9.53 Å². The molecule has 49 heavy (non-hydrogen) atoms. The van der Waals surface area contributed by atoms with E-state index >= 15 is 0 Å². The normalized spacial score (nSPS) is 13.0. The summed E-state index contributed by atoms with van der Waals surface area (Å²) in [5.74, 6) is -0.285. The highest BCUT2D eigenvalue weighted by atomic mass is 16.5. The fraction of sp³-hybridized carbons (Fsp3) is 0.111. The zero-order valence-corrected chi connectivity index (χ0v) is 27.5. The molecule has 0 atom stereocenters. The summed E-state index contributed by atoms with van der Waals surface area (Å²) in [6.07, 6.45) is 5.29. The van der Waals surface area contributed by atoms with Crippen molar-refractivity contribution in [2.24, 2.45) is 5.10 Å². The third-order valence-electron chi connectivity index (χ3n) is 9.34. The van der Waals surface area contributed by atoms with Crippen LogP contribution in [0.1, 0.15) is 64.4 Å². The molecule has 0 aliphatic heterocycles. The topological polar surface area (TPSA) is 41.9 Å². The monoisotopic (exact) mass is 636 g/mol. The minimum atomic E-state index is -0.285. The van der Waals surface area contributed by atoms with Crippen molar-refractivity contribution in [1.29, 1.82) is 0 Å². The fourth-order valence-electron chi connectivity index (χ4n) is 6.90. The number of carbonyl (C=O) groups is 1. The maximum atomic E-state index is 12.9. The largest absolute Gasteiger partial charge is 0.462 e. The molecule has 4 heteroatoms. The van der Waals surface area contributed by atoms with Crippen LogP contribution < -0.4 is 5.01 Å². The Morgan fingerprint density at radius 1 is 0.592 bits per heavy atom. The predicted octanol–water partition coefficient (Wildman–Crippen LogP) is 11.2. The van der Waals surface area contributed by atoms with Gasteiger partial charge in [-0.05, 0) is 93.4 Å². The van der Waals surface area contributed by atoms with Crippen molar-refractivity contribution in [1.82, 2.24) is 0 Å². The van der Waals surface area contributed by atoms with E-state index in [1.165, 1.54) is 27.8 Å². The number of anilines is 2. The second-order valence-corrected chi connectivity index (χ2v) is 12.5. The molecule has 0 aromatic heterocycles. The van der Waals surface area contributed by atoms with Crippen LogP contribution in [0.15, 0.2) is 151 Å². The first-order valence-electron chi connectivity index (χ1n) is 17.1. The minimum Gasteiger partial charge on any atom is -0.462 e. The van der Waals surface area contributed by atoms with Gasteiger partial charge < -0.3 is 4.74 Å². The molecule has 0 spiro atoms. The molecule has 0 saturated heterocycles. The summed E-state index contributed by atoms with van der Waals surface area (Å²) in [4.78, 5) is 12.9. The van der Waals surface area contributed by atoms with Crippen LogP contribution in [0.2, 0.25) is 0 Å². The average molecular weight is 637 g/mol. The Morgan fingerprint density at radius 2 is 1.14 bits per heavy atom. The van der Waals surface area contributed by atoms with Gasteiger partial charge in [0.2, 0.25) is 0 Å². The molecule has 0 unspecified atom stereocenters. The van der Waals surface area contributed by atoms with Crippen molar-refractivity contribution in [3.63, 3.8) is 0 Å². The van der Waals surface area contributed by atoms with Gasteiger partial charge in [0, 0.05) is 11.1 Å². The van der Waals surface area contributed by atoms with E-state index in [0.717, 1.165) is 64.2 Å². The Bertz CT molecular complexity index is 2180. The lowest BCUT2D eigenvalue weighted by Gasteiger charge is -2.21. The van der Waals surface area contributed by atoms with E-state index in [9.17, 15) is 4.79 Å². The van der Waals surface area contributed by atoms with Crippen LogP contribution in [0.3, 0.4) is 0 Å². The van der Waals surface area contributed by atoms with E-state index in [-0.39, 0.29) is 5.97 Å². The van der Waals surface area contributed by atoms with Crippen molar-refractivity contribution >= 4 is 34.7 Å². The lowest BCUT2D eigenvalue weighted by molar-refractivity contribution is 0.0498. The number of hydrogen-bond acceptors (Lipinski definition) is 4. The number of ether oxygens (including phenoxy) is 1. The maximum Gasteiger partial charge on any atom is 0.338 e. The zero-order valence-electron chi connectivity index (χ0n) is 27.5. The Kier molecular flexibility index (Phi) is 8.20. The summed E-state index contributed by atoms with van der Waals surface area (Å²) in [6.45, 7) is 2.58. The number of fused-ring (bicyclic) bond motifs is 6. The lowest BCUT2D eigenvalue weighted by atomic mass is 10.0. The van der Waals surface area contributed by atoms with E-state index in [2.05, 4.69) is 110 Å². The number of benzene rings is 6. The smallest absolute Gasteiger partial charge is 0.338 e. The van der Waals surface area contributed by atoms with Gasteiger partial charge in [-0.2, -0.15) is 5.10 Å². The van der Waals surface area contributed by atoms with Gasteiger partial charge in [0.15, 0.2) is 0 Å². The second-order valence-electron chi connectivity index (χ2n) is 12.5. The summed E-state index contributed by atoms with van der Waals surface area (Å²) in [7, 11) is 0. The number of nitrogens with zero attached hydrogens (tertiary/aromatic N) is 2. The molecular formula is C45H36N2O2. The van der Waals surface area contributed by atoms with E-state index < -0.39 is 0 Å². The molecule has 2 aliphatic rings. The second kappa shape index (κ2) is 13.2. The summed E-state index contributed by atoms with van der Waals surface area (Å²) < 4.78 is 5.59. The standard InChI is InChI=1S/C45H36N2O2/c1-2-3-13-28-49-45(48)32-24-27-41-43(30-32)39-20-11-12-21-40(39)44(41)46-47(33-14-5-4-6-15-33)34-25-22-31(23-26-34)29-42-37-18-9-7-16-35(37)36-17-8-10-19-38(36)42/h4-12,14-27,29-30H,2-3,13,28H2,1H3. The van der Waals surface area contributed by atoms with Gasteiger partial charge in [0.05, 0.1) is 29.3 Å². The quantitative estimate of drug-likeness (QED) is 0.0899. The van der Waals surface area contributed by atoms with Gasteiger partial charge in [-0.1, -0.05) is 129 Å². The third-order valence-corrected chi connectivity index (χ3v) is 9.34. The first-order chi connectivity index (χ1) is 24.2.